The fourth-order valence-corrected chi connectivity index (χ4v) is 14.8. The second-order valence-electron chi connectivity index (χ2n) is 30.8. The molecule has 15 atom stereocenters. The van der Waals surface area contributed by atoms with Crippen LogP contribution in [-0.2, 0) is 112 Å². The van der Waals surface area contributed by atoms with Gasteiger partial charge in [0.05, 0.1) is 24.7 Å². The third-order valence-electron chi connectivity index (χ3n) is 21.1. The average Bonchev–Trinajstić information content (AvgIpc) is 1.19. The van der Waals surface area contributed by atoms with Gasteiger partial charge in [-0.1, -0.05) is 177 Å². The highest BCUT2D eigenvalue weighted by Gasteiger charge is 2.46. The zero-order chi connectivity index (χ0) is 85.9. The van der Waals surface area contributed by atoms with Crippen LogP contribution in [0.25, 0.3) is 11.1 Å². The number of carbonyl (C=O) groups is 12. The van der Waals surface area contributed by atoms with Crippen LogP contribution in [0.2, 0.25) is 0 Å². The first-order valence-electron chi connectivity index (χ1n) is 40.2. The molecule has 0 unspecified atom stereocenters. The van der Waals surface area contributed by atoms with Crippen LogP contribution in [0, 0.1) is 5.92 Å². The molecule has 3 fully saturated rings. The molecule has 34 heteroatoms. The summed E-state index contributed by atoms with van der Waals surface area (Å²) in [4.78, 5) is 179. The van der Waals surface area contributed by atoms with Crippen LogP contribution < -0.4 is 70.4 Å². The summed E-state index contributed by atoms with van der Waals surface area (Å²) in [5.41, 5.74) is 22.4. The number of rotatable bonds is 27. The van der Waals surface area contributed by atoms with Crippen molar-refractivity contribution in [2.45, 2.75) is 201 Å². The van der Waals surface area contributed by atoms with E-state index < -0.39 is 194 Å². The van der Waals surface area contributed by atoms with Crippen LogP contribution >= 0.6 is 0 Å². The molecule has 10 rings (SSSR count). The summed E-state index contributed by atoms with van der Waals surface area (Å²) in [5, 5.41) is 69.9. The molecular weight excluding hydrogens is 1540 g/mol. The molecule has 7 aromatic rings. The lowest BCUT2D eigenvalue weighted by atomic mass is 9.96. The number of carbonyl (C=O) groups excluding carboxylic acids is 12. The summed E-state index contributed by atoms with van der Waals surface area (Å²) in [5.74, 6) is -12.2. The lowest BCUT2D eigenvalue weighted by Gasteiger charge is -2.42. The molecular formula is C86H107N17O17. The monoisotopic (exact) mass is 1650 g/mol. The van der Waals surface area contributed by atoms with Crippen molar-refractivity contribution in [3.63, 3.8) is 0 Å². The van der Waals surface area contributed by atoms with Gasteiger partial charge in [0.15, 0.2) is 6.29 Å². The van der Waals surface area contributed by atoms with Gasteiger partial charge >= 0.3 is 0 Å². The number of benzene rings is 6. The Morgan fingerprint density at radius 1 is 0.517 bits per heavy atom. The van der Waals surface area contributed by atoms with Gasteiger partial charge in [-0.15, -0.1) is 5.10 Å². The van der Waals surface area contributed by atoms with Gasteiger partial charge in [-0.25, -0.2) is 4.68 Å². The van der Waals surface area contributed by atoms with E-state index in [1.54, 1.807) is 105 Å². The fourth-order valence-electron chi connectivity index (χ4n) is 14.8. The minimum atomic E-state index is -1.93. The number of phenols is 1. The minimum absolute atomic E-state index is 0.00340. The highest BCUT2D eigenvalue weighted by Crippen LogP contribution is 2.27. The van der Waals surface area contributed by atoms with E-state index in [1.807, 2.05) is 54.6 Å². The van der Waals surface area contributed by atoms with Crippen LogP contribution in [0.4, 0.5) is 0 Å². The molecule has 0 aliphatic carbocycles. The predicted molar refractivity (Wildman–Crippen MR) is 438 cm³/mol. The van der Waals surface area contributed by atoms with Crippen molar-refractivity contribution in [3.8, 4) is 16.9 Å². The van der Waals surface area contributed by atoms with E-state index in [4.69, 9.17) is 26.7 Å². The summed E-state index contributed by atoms with van der Waals surface area (Å²) >= 11 is 0. The highest BCUT2D eigenvalue weighted by molar-refractivity contribution is 6.01. The van der Waals surface area contributed by atoms with E-state index in [1.165, 1.54) is 47.2 Å². The Morgan fingerprint density at radius 3 is 1.47 bits per heavy atom. The number of aromatic nitrogens is 3. The number of amides is 12. The minimum Gasteiger partial charge on any atom is -0.508 e. The normalized spacial score (nSPS) is 24.9. The number of aromatic hydroxyl groups is 1. The molecule has 3 saturated heterocycles. The van der Waals surface area contributed by atoms with Crippen molar-refractivity contribution < 1.29 is 82.3 Å². The zero-order valence-electron chi connectivity index (χ0n) is 67.1. The number of phenolic OH excluding ortho intramolecular Hbond substituents is 1. The van der Waals surface area contributed by atoms with Crippen molar-refractivity contribution in [1.82, 2.24) is 73.1 Å². The topological polar surface area (TPSA) is 516 Å². The third kappa shape index (κ3) is 26.1. The van der Waals surface area contributed by atoms with Crippen molar-refractivity contribution in [2.75, 3.05) is 20.2 Å². The van der Waals surface area contributed by atoms with Gasteiger partial charge in [0.1, 0.15) is 84.5 Å². The quantitative estimate of drug-likeness (QED) is 0.0314. The number of hydrogen-bond acceptors (Lipinski definition) is 21. The van der Waals surface area contributed by atoms with Crippen LogP contribution in [0.15, 0.2) is 176 Å². The maximum atomic E-state index is 15.5. The molecule has 0 spiro atoms. The van der Waals surface area contributed by atoms with Gasteiger partial charge in [-0.05, 0) is 102 Å². The van der Waals surface area contributed by atoms with E-state index in [9.17, 15) is 29.7 Å². The number of nitrogens with two attached hydrogens (primary N) is 3. The van der Waals surface area contributed by atoms with Crippen molar-refractivity contribution in [1.29, 1.82) is 0 Å². The molecule has 3 aliphatic rings. The number of nitrogens with one attached hydrogen (secondary N) is 10. The first-order valence-corrected chi connectivity index (χ1v) is 40.2. The molecule has 12 amide bonds. The molecule has 6 aromatic carbocycles. The number of methoxy groups -OCH3 is 1. The maximum Gasteiger partial charge on any atom is 0.246 e. The van der Waals surface area contributed by atoms with Crippen molar-refractivity contribution in [2.24, 2.45) is 23.1 Å². The Kier molecular flexibility index (Phi) is 32.9. The number of fused-ring (bicyclic) bond motifs is 1. The number of nitrogens with zero attached hydrogens (tertiary/aromatic N) is 4. The van der Waals surface area contributed by atoms with Crippen LogP contribution in [-0.4, -0.2) is 217 Å². The Balaban J connectivity index is 1.00. The van der Waals surface area contributed by atoms with E-state index in [0.717, 1.165) is 16.7 Å². The number of primary amides is 2. The molecule has 4 heterocycles. The summed E-state index contributed by atoms with van der Waals surface area (Å²) < 4.78 is 13.2. The Morgan fingerprint density at radius 2 is 0.950 bits per heavy atom. The van der Waals surface area contributed by atoms with Crippen LogP contribution in [0.5, 0.6) is 5.75 Å². The highest BCUT2D eigenvalue weighted by atomic mass is 16.7. The Bertz CT molecular complexity index is 4630. The van der Waals surface area contributed by atoms with Crippen LogP contribution in [0.1, 0.15) is 98.7 Å². The molecule has 120 heavy (non-hydrogen) atoms. The molecule has 3 aliphatic heterocycles. The molecule has 19 N–H and O–H groups in total. The van der Waals surface area contributed by atoms with E-state index in [2.05, 4.69) is 63.5 Å². The summed E-state index contributed by atoms with van der Waals surface area (Å²) in [6.45, 7) is 3.61. The maximum absolute atomic E-state index is 15.5. The summed E-state index contributed by atoms with van der Waals surface area (Å²) in [6.07, 6.45) is -7.12. The first-order chi connectivity index (χ1) is 57.7. The van der Waals surface area contributed by atoms with Gasteiger partial charge in [0, 0.05) is 64.9 Å². The lowest BCUT2D eigenvalue weighted by Crippen LogP contribution is -2.63. The molecule has 34 nitrogen and oxygen atoms in total. The second-order valence-corrected chi connectivity index (χ2v) is 30.8. The Labute approximate surface area is 694 Å². The third-order valence-corrected chi connectivity index (χ3v) is 21.1. The van der Waals surface area contributed by atoms with Gasteiger partial charge in [-0.3, -0.25) is 57.5 Å². The Hall–Kier alpha value is -12.3. The smallest absolute Gasteiger partial charge is 0.246 e. The molecule has 0 saturated carbocycles. The largest absolute Gasteiger partial charge is 0.508 e. The number of ether oxygens (including phenoxy) is 2. The van der Waals surface area contributed by atoms with Gasteiger partial charge in [0.25, 0.3) is 0 Å². The predicted octanol–water partition coefficient (Wildman–Crippen LogP) is -0.291. The standard InChI is InChI=1S/C86H107N17O17/c1-50(2)40-62-78(111)99-68(44-53-22-12-6-13-23-53)85(118)103-39-17-27-69(103)84(117)98-65(42-52-20-10-5-11-21-52)81(114)95-63(41-51-18-8-4-9-19-51)80(113)97-67(46-72(89)106)83(116)92-61(36-37-71(88)105)77(110)94-64(43-54-30-34-59(104)35-31-54)79(112)96-66(82(115)91-60(26-16-38-87)76(109)93-62)45-58-48-102(101-100-58)49-70-74(107)75(108)73(86(119-3)120-70)90-47-55-28-32-57(33-29-55)56-24-14-7-15-25-56/h4-15,18-25,28-35,48,50,60-70,73-75,86,90,104,107-108H,16-17,26-27,36-47,49,87H2,1-3H3,(H2,88,105)(H2,89,106)(H,91,115)(H,92,116)(H,93,109)(H,94,110)(H,95,114)(H,96,112)(H,97,113)(H,98,117)(H,99,111)/t60-,61-,62-,63+,64-,65-,66-,67-,68+,69-,70+,73+,74+,75+,86+/m0/s1. The first kappa shape index (κ1) is 90.0. The van der Waals surface area contributed by atoms with E-state index >= 15 is 43.2 Å². The van der Waals surface area contributed by atoms with E-state index in [-0.39, 0.29) is 88.5 Å². The molecule has 0 bridgehead atoms. The number of aliphatic hydroxyl groups excluding tert-OH is 2. The molecule has 1 aromatic heterocycles. The SMILES string of the molecule is CO[C@@H]1O[C@H](Cn2cc(C[C@@H]3NC(=O)[C@H](Cc4ccc(O)cc4)NC(=O)[C@H](CCC(N)=O)NC(=O)[C@H](CC(N)=O)NC(=O)[C@@H](Cc4ccccc4)NC(=O)[C@H](Cc4ccccc4)NC(=O)[C@@H]4CCCN4C(=O)[C@@H](Cc4ccccc4)NC(=O)[C@H](CC(C)C)NC(=O)[C@H](CCCN)NC3=O)nn2)[C@@H](O)[C@H](O)[C@H]1NCc1ccc(-c2ccccc2)cc1. The lowest BCUT2D eigenvalue weighted by molar-refractivity contribution is -0.260. The number of hydrogen-bond donors (Lipinski definition) is 16. The van der Waals surface area contributed by atoms with Crippen molar-refractivity contribution in [3.05, 3.63) is 210 Å². The van der Waals surface area contributed by atoms with Gasteiger partial charge in [-0.2, -0.15) is 0 Å². The molecule has 638 valence electrons. The van der Waals surface area contributed by atoms with Crippen LogP contribution in [0.3, 0.4) is 0 Å². The van der Waals surface area contributed by atoms with Crippen molar-refractivity contribution >= 4 is 70.9 Å². The van der Waals surface area contributed by atoms with Gasteiger partial charge in [0.2, 0.25) is 70.9 Å². The number of aliphatic hydroxyl groups is 2. The second kappa shape index (κ2) is 43.9. The summed E-state index contributed by atoms with van der Waals surface area (Å²) in [6, 6.07) is 31.9. The summed E-state index contributed by atoms with van der Waals surface area (Å²) in [7, 11) is 1.37. The fraction of sp³-hybridized carbons (Fsp3) is 0.419. The zero-order valence-corrected chi connectivity index (χ0v) is 67.1. The molecule has 0 radical (unpaired) electrons. The average molecular weight is 1650 g/mol. The van der Waals surface area contributed by atoms with E-state index in [0.29, 0.717) is 28.7 Å². The van der Waals surface area contributed by atoms with Gasteiger partial charge < -0.3 is 100 Å².